The molecule has 2 unspecified atom stereocenters. The molecule has 1 aliphatic rings. The van der Waals surface area contributed by atoms with Gasteiger partial charge in [-0.1, -0.05) is 6.92 Å². The Labute approximate surface area is 107 Å². The van der Waals surface area contributed by atoms with Crippen molar-refractivity contribution in [3.05, 3.63) is 0 Å². The summed E-state index contributed by atoms with van der Waals surface area (Å²) in [6.45, 7) is 6.13. The third-order valence-corrected chi connectivity index (χ3v) is 3.41. The van der Waals surface area contributed by atoms with Crippen molar-refractivity contribution in [2.75, 3.05) is 19.6 Å². The lowest BCUT2D eigenvalue weighted by Crippen LogP contribution is -2.51. The number of carbonyl (C=O) groups excluding carboxylic acids is 1. The molecular weight excluding hydrogens is 236 g/mol. The van der Waals surface area contributed by atoms with Crippen LogP contribution in [0.15, 0.2) is 0 Å². The van der Waals surface area contributed by atoms with Crippen molar-refractivity contribution >= 4 is 12.0 Å². The van der Waals surface area contributed by atoms with E-state index in [9.17, 15) is 14.7 Å². The summed E-state index contributed by atoms with van der Waals surface area (Å²) in [6, 6.07) is -0.261. The second-order valence-electron chi connectivity index (χ2n) is 5.63. The van der Waals surface area contributed by atoms with Gasteiger partial charge in [0, 0.05) is 19.6 Å². The molecule has 6 heteroatoms. The highest BCUT2D eigenvalue weighted by Crippen LogP contribution is 2.17. The summed E-state index contributed by atoms with van der Waals surface area (Å²) in [4.78, 5) is 24.4. The first-order valence-electron chi connectivity index (χ1n) is 6.18. The minimum Gasteiger partial charge on any atom is -0.481 e. The van der Waals surface area contributed by atoms with Gasteiger partial charge in [-0.25, -0.2) is 4.79 Å². The summed E-state index contributed by atoms with van der Waals surface area (Å²) in [5.41, 5.74) is -0.976. The lowest BCUT2D eigenvalue weighted by atomic mass is 9.94. The Morgan fingerprint density at radius 2 is 2.06 bits per heavy atom. The van der Waals surface area contributed by atoms with Crippen LogP contribution in [0.3, 0.4) is 0 Å². The van der Waals surface area contributed by atoms with Crippen LogP contribution in [-0.2, 0) is 4.79 Å². The molecule has 0 aromatic carbocycles. The summed E-state index contributed by atoms with van der Waals surface area (Å²) < 4.78 is 0. The number of aliphatic carboxylic acids is 1. The number of rotatable bonds is 3. The molecular formula is C12H22N2O4. The van der Waals surface area contributed by atoms with Crippen LogP contribution in [0, 0.1) is 11.3 Å². The predicted octanol–water partition coefficient (Wildman–Crippen LogP) is 0.509. The van der Waals surface area contributed by atoms with Crippen molar-refractivity contribution in [1.29, 1.82) is 0 Å². The van der Waals surface area contributed by atoms with Crippen molar-refractivity contribution < 1.29 is 19.8 Å². The van der Waals surface area contributed by atoms with Gasteiger partial charge in [0.15, 0.2) is 0 Å². The molecule has 0 bridgehead atoms. The second kappa shape index (κ2) is 5.56. The van der Waals surface area contributed by atoms with Crippen LogP contribution in [0.4, 0.5) is 4.79 Å². The molecule has 1 saturated heterocycles. The Morgan fingerprint density at radius 3 is 2.56 bits per heavy atom. The van der Waals surface area contributed by atoms with E-state index in [4.69, 9.17) is 5.11 Å². The van der Waals surface area contributed by atoms with Gasteiger partial charge in [-0.05, 0) is 26.2 Å². The van der Waals surface area contributed by atoms with E-state index in [1.165, 1.54) is 0 Å². The molecule has 1 heterocycles. The van der Waals surface area contributed by atoms with Gasteiger partial charge in [0.25, 0.3) is 0 Å². The Kier molecular flexibility index (Phi) is 4.56. The first-order chi connectivity index (χ1) is 8.24. The van der Waals surface area contributed by atoms with Crippen LogP contribution in [0.5, 0.6) is 0 Å². The first kappa shape index (κ1) is 14.8. The standard InChI is InChI=1S/C12H22N2O4/c1-8-6-14(5-4-9(8)15)11(18)13-7-12(2,3)10(16)17/h8-9,15H,4-7H2,1-3H3,(H,13,18)(H,16,17). The van der Waals surface area contributed by atoms with E-state index in [2.05, 4.69) is 5.32 Å². The molecule has 0 saturated carbocycles. The summed E-state index contributed by atoms with van der Waals surface area (Å²) in [7, 11) is 0. The van der Waals surface area contributed by atoms with Gasteiger partial charge < -0.3 is 20.4 Å². The zero-order chi connectivity index (χ0) is 13.9. The average Bonchev–Trinajstić information content (AvgIpc) is 2.29. The third kappa shape index (κ3) is 3.60. The molecule has 3 N–H and O–H groups in total. The molecule has 104 valence electrons. The van der Waals surface area contributed by atoms with Gasteiger partial charge in [0.05, 0.1) is 11.5 Å². The highest BCUT2D eigenvalue weighted by molar-refractivity contribution is 5.77. The number of amides is 2. The molecule has 0 aromatic rings. The summed E-state index contributed by atoms with van der Waals surface area (Å²) in [5, 5.41) is 21.2. The molecule has 18 heavy (non-hydrogen) atoms. The minimum absolute atomic E-state index is 0.0528. The number of aliphatic hydroxyl groups excluding tert-OH is 1. The van der Waals surface area contributed by atoms with Crippen LogP contribution in [0.25, 0.3) is 0 Å². The van der Waals surface area contributed by atoms with E-state index >= 15 is 0 Å². The van der Waals surface area contributed by atoms with Gasteiger partial charge in [-0.3, -0.25) is 4.79 Å². The molecule has 1 aliphatic heterocycles. The van der Waals surface area contributed by atoms with Crippen LogP contribution in [0.1, 0.15) is 27.2 Å². The van der Waals surface area contributed by atoms with Crippen molar-refractivity contribution in [2.45, 2.75) is 33.3 Å². The number of nitrogens with zero attached hydrogens (tertiary/aromatic N) is 1. The quantitative estimate of drug-likeness (QED) is 0.688. The molecule has 0 aliphatic carbocycles. The number of carboxylic acid groups (broad SMARTS) is 1. The van der Waals surface area contributed by atoms with Gasteiger partial charge in [-0.2, -0.15) is 0 Å². The average molecular weight is 258 g/mol. The number of hydrogen-bond acceptors (Lipinski definition) is 3. The molecule has 6 nitrogen and oxygen atoms in total. The molecule has 1 fully saturated rings. The van der Waals surface area contributed by atoms with Crippen LogP contribution < -0.4 is 5.32 Å². The molecule has 0 aromatic heterocycles. The molecule has 1 rings (SSSR count). The maximum atomic E-state index is 11.9. The third-order valence-electron chi connectivity index (χ3n) is 3.41. The Morgan fingerprint density at radius 1 is 1.44 bits per heavy atom. The lowest BCUT2D eigenvalue weighted by Gasteiger charge is -2.34. The number of aliphatic hydroxyl groups is 1. The number of nitrogens with one attached hydrogen (secondary N) is 1. The van der Waals surface area contributed by atoms with Crippen molar-refractivity contribution in [1.82, 2.24) is 10.2 Å². The van der Waals surface area contributed by atoms with Crippen molar-refractivity contribution in [3.8, 4) is 0 Å². The fourth-order valence-corrected chi connectivity index (χ4v) is 1.80. The molecule has 0 spiro atoms. The molecule has 2 amide bonds. The monoisotopic (exact) mass is 258 g/mol. The normalized spacial score (nSPS) is 24.8. The fraction of sp³-hybridized carbons (Fsp3) is 0.833. The van der Waals surface area contributed by atoms with E-state index < -0.39 is 11.4 Å². The Hall–Kier alpha value is -1.30. The van der Waals surface area contributed by atoms with Crippen LogP contribution in [0.2, 0.25) is 0 Å². The second-order valence-corrected chi connectivity index (χ2v) is 5.63. The zero-order valence-corrected chi connectivity index (χ0v) is 11.1. The maximum absolute atomic E-state index is 11.9. The number of hydrogen-bond donors (Lipinski definition) is 3. The highest BCUT2D eigenvalue weighted by Gasteiger charge is 2.30. The number of urea groups is 1. The summed E-state index contributed by atoms with van der Waals surface area (Å²) in [6.07, 6.45) is 0.209. The zero-order valence-electron chi connectivity index (χ0n) is 11.1. The number of carbonyl (C=O) groups is 2. The van der Waals surface area contributed by atoms with E-state index in [0.717, 1.165) is 0 Å². The highest BCUT2D eigenvalue weighted by atomic mass is 16.4. The molecule has 2 atom stereocenters. The molecule has 0 radical (unpaired) electrons. The maximum Gasteiger partial charge on any atom is 0.317 e. The lowest BCUT2D eigenvalue weighted by molar-refractivity contribution is -0.146. The fourth-order valence-electron chi connectivity index (χ4n) is 1.80. The van der Waals surface area contributed by atoms with Gasteiger partial charge in [-0.15, -0.1) is 0 Å². The van der Waals surface area contributed by atoms with Gasteiger partial charge in [0.2, 0.25) is 0 Å². The van der Waals surface area contributed by atoms with Crippen LogP contribution >= 0.6 is 0 Å². The van der Waals surface area contributed by atoms with Gasteiger partial charge >= 0.3 is 12.0 Å². The Balaban J connectivity index is 2.45. The van der Waals surface area contributed by atoms with Crippen LogP contribution in [-0.4, -0.2) is 52.9 Å². The predicted molar refractivity (Wildman–Crippen MR) is 66.2 cm³/mol. The van der Waals surface area contributed by atoms with E-state index in [1.807, 2.05) is 6.92 Å². The first-order valence-corrected chi connectivity index (χ1v) is 6.18. The van der Waals surface area contributed by atoms with E-state index in [1.54, 1.807) is 18.7 Å². The number of piperidine rings is 1. The minimum atomic E-state index is -0.976. The van der Waals surface area contributed by atoms with E-state index in [-0.39, 0.29) is 24.6 Å². The summed E-state index contributed by atoms with van der Waals surface area (Å²) in [5.74, 6) is -0.887. The Bertz CT molecular complexity index is 330. The van der Waals surface area contributed by atoms with Crippen molar-refractivity contribution in [2.24, 2.45) is 11.3 Å². The SMILES string of the molecule is CC1CN(C(=O)NCC(C)(C)C(=O)O)CCC1O. The van der Waals surface area contributed by atoms with Crippen molar-refractivity contribution in [3.63, 3.8) is 0 Å². The smallest absolute Gasteiger partial charge is 0.317 e. The van der Waals surface area contributed by atoms with Gasteiger partial charge in [0.1, 0.15) is 0 Å². The topological polar surface area (TPSA) is 89.9 Å². The number of carboxylic acids is 1. The largest absolute Gasteiger partial charge is 0.481 e. The number of likely N-dealkylation sites (tertiary alicyclic amines) is 1. The summed E-state index contributed by atoms with van der Waals surface area (Å²) >= 11 is 0. The van der Waals surface area contributed by atoms with E-state index in [0.29, 0.717) is 19.5 Å².